The van der Waals surface area contributed by atoms with E-state index in [2.05, 4.69) is 0 Å². The van der Waals surface area contributed by atoms with Gasteiger partial charge < -0.3 is 13.9 Å². The van der Waals surface area contributed by atoms with Crippen LogP contribution in [0.1, 0.15) is 88.6 Å². The van der Waals surface area contributed by atoms with E-state index in [1.54, 1.807) is 26.2 Å². The zero-order chi connectivity index (χ0) is 23.1. The molecule has 2 aliphatic carbocycles. The fraction of sp³-hybridized carbons (Fsp3) is 0.640. The summed E-state index contributed by atoms with van der Waals surface area (Å²) in [5, 5.41) is 0. The molecule has 0 bridgehead atoms. The van der Waals surface area contributed by atoms with Crippen LogP contribution < -0.4 is 0 Å². The van der Waals surface area contributed by atoms with E-state index in [0.717, 1.165) is 5.56 Å². The number of esters is 2. The lowest BCUT2D eigenvalue weighted by molar-refractivity contribution is -0.182. The van der Waals surface area contributed by atoms with Gasteiger partial charge in [0.2, 0.25) is 5.78 Å². The number of rotatable bonds is 5. The summed E-state index contributed by atoms with van der Waals surface area (Å²) >= 11 is 0. The highest BCUT2D eigenvalue weighted by atomic mass is 16.6. The molecule has 0 spiro atoms. The van der Waals surface area contributed by atoms with Crippen molar-refractivity contribution in [1.29, 1.82) is 0 Å². The summed E-state index contributed by atoms with van der Waals surface area (Å²) < 4.78 is 17.6. The normalized spacial score (nSPS) is 31.5. The summed E-state index contributed by atoms with van der Waals surface area (Å²) in [4.78, 5) is 38.7. The van der Waals surface area contributed by atoms with Gasteiger partial charge in [0.1, 0.15) is 12.2 Å². The van der Waals surface area contributed by atoms with E-state index in [1.807, 2.05) is 34.6 Å². The van der Waals surface area contributed by atoms with Crippen LogP contribution in [0.3, 0.4) is 0 Å². The number of fused-ring (bicyclic) bond motifs is 2. The first-order chi connectivity index (χ1) is 14.6. The molecular formula is C25H34O6. The molecular weight excluding hydrogens is 396 g/mol. The second kappa shape index (κ2) is 8.64. The molecule has 2 aliphatic rings. The standard InChI is InChI=1S/C25H34O6/c1-8-13(3)23(27)30-18-11-10-17-20(26)21-19(15(5)12-29-21)22(25(17,7)16(18)6)31-24(28)14(4)9-2/h9,12-13,16-18,22H,8,10-11H2,1-7H3. The first-order valence-corrected chi connectivity index (χ1v) is 11.2. The maximum atomic E-state index is 13.4. The van der Waals surface area contributed by atoms with E-state index in [-0.39, 0.29) is 41.4 Å². The molecule has 170 valence electrons. The Labute approximate surface area is 184 Å². The van der Waals surface area contributed by atoms with Crippen molar-refractivity contribution in [1.82, 2.24) is 0 Å². The van der Waals surface area contributed by atoms with E-state index in [9.17, 15) is 14.4 Å². The summed E-state index contributed by atoms with van der Waals surface area (Å²) in [5.74, 6) is -1.14. The number of carbonyl (C=O) groups is 3. The monoisotopic (exact) mass is 430 g/mol. The number of Topliss-reactive ketones (excluding diaryl/α,β-unsaturated/α-hetero) is 1. The third kappa shape index (κ3) is 3.74. The van der Waals surface area contributed by atoms with E-state index in [1.165, 1.54) is 0 Å². The van der Waals surface area contributed by atoms with Gasteiger partial charge in [-0.15, -0.1) is 0 Å². The third-order valence-electron chi connectivity index (χ3n) is 7.68. The molecule has 0 aromatic carbocycles. The van der Waals surface area contributed by atoms with Crippen molar-refractivity contribution in [2.45, 2.75) is 79.9 Å². The zero-order valence-corrected chi connectivity index (χ0v) is 19.6. The second-order valence-corrected chi connectivity index (χ2v) is 9.35. The Balaban J connectivity index is 2.05. The van der Waals surface area contributed by atoms with Crippen LogP contribution in [0.2, 0.25) is 0 Å². The minimum Gasteiger partial charge on any atom is -0.462 e. The Hall–Kier alpha value is -2.37. The number of aryl methyl sites for hydroxylation is 1. The van der Waals surface area contributed by atoms with Crippen LogP contribution in [0.25, 0.3) is 0 Å². The number of hydrogen-bond donors (Lipinski definition) is 0. The van der Waals surface area contributed by atoms with Gasteiger partial charge in [-0.3, -0.25) is 9.59 Å². The van der Waals surface area contributed by atoms with Gasteiger partial charge in [-0.1, -0.05) is 33.8 Å². The Morgan fingerprint density at radius 2 is 2.00 bits per heavy atom. The summed E-state index contributed by atoms with van der Waals surface area (Å²) in [6.07, 6.45) is 4.11. The highest BCUT2D eigenvalue weighted by molar-refractivity contribution is 5.99. The predicted molar refractivity (Wildman–Crippen MR) is 115 cm³/mol. The van der Waals surface area contributed by atoms with Gasteiger partial charge in [0, 0.05) is 28.4 Å². The summed E-state index contributed by atoms with van der Waals surface area (Å²) in [5.41, 5.74) is 1.20. The second-order valence-electron chi connectivity index (χ2n) is 9.35. The Morgan fingerprint density at radius 1 is 1.32 bits per heavy atom. The van der Waals surface area contributed by atoms with Gasteiger partial charge in [0.05, 0.1) is 12.2 Å². The van der Waals surface area contributed by atoms with Crippen LogP contribution >= 0.6 is 0 Å². The maximum absolute atomic E-state index is 13.4. The minimum atomic E-state index is -0.721. The number of carbonyl (C=O) groups excluding carboxylic acids is 3. The molecule has 1 aromatic heterocycles. The average Bonchev–Trinajstić information content (AvgIpc) is 3.14. The van der Waals surface area contributed by atoms with E-state index in [0.29, 0.717) is 30.4 Å². The van der Waals surface area contributed by atoms with Crippen molar-refractivity contribution < 1.29 is 28.3 Å². The molecule has 1 fully saturated rings. The van der Waals surface area contributed by atoms with Gasteiger partial charge in [-0.05, 0) is 45.6 Å². The number of furan rings is 1. The van der Waals surface area contributed by atoms with Crippen molar-refractivity contribution in [3.05, 3.63) is 34.8 Å². The fourth-order valence-corrected chi connectivity index (χ4v) is 4.98. The number of allylic oxidation sites excluding steroid dienone is 1. The van der Waals surface area contributed by atoms with Crippen molar-refractivity contribution in [3.8, 4) is 0 Å². The van der Waals surface area contributed by atoms with Crippen molar-refractivity contribution in [2.24, 2.45) is 23.2 Å². The molecule has 1 heterocycles. The van der Waals surface area contributed by atoms with Gasteiger partial charge in [0.15, 0.2) is 5.76 Å². The third-order valence-corrected chi connectivity index (χ3v) is 7.68. The molecule has 0 aliphatic heterocycles. The minimum absolute atomic E-state index is 0.0563. The van der Waals surface area contributed by atoms with Crippen LogP contribution in [0.15, 0.2) is 22.3 Å². The van der Waals surface area contributed by atoms with Gasteiger partial charge in [0.25, 0.3) is 0 Å². The first-order valence-electron chi connectivity index (χ1n) is 11.2. The average molecular weight is 431 g/mol. The van der Waals surface area contributed by atoms with Crippen molar-refractivity contribution >= 4 is 17.7 Å². The molecule has 1 aromatic rings. The molecule has 6 nitrogen and oxygen atoms in total. The molecule has 6 heteroatoms. The largest absolute Gasteiger partial charge is 0.462 e. The molecule has 31 heavy (non-hydrogen) atoms. The van der Waals surface area contributed by atoms with Crippen molar-refractivity contribution in [3.63, 3.8) is 0 Å². The van der Waals surface area contributed by atoms with Crippen LogP contribution in [0.5, 0.6) is 0 Å². The Bertz CT molecular complexity index is 909. The Morgan fingerprint density at radius 3 is 2.61 bits per heavy atom. The molecule has 1 saturated carbocycles. The number of ether oxygens (including phenoxy) is 2. The van der Waals surface area contributed by atoms with E-state index in [4.69, 9.17) is 13.9 Å². The van der Waals surface area contributed by atoms with Crippen LogP contribution in [0, 0.1) is 30.1 Å². The summed E-state index contributed by atoms with van der Waals surface area (Å²) in [6, 6.07) is 0. The van der Waals surface area contributed by atoms with Gasteiger partial charge in [-0.2, -0.15) is 0 Å². The van der Waals surface area contributed by atoms with Crippen molar-refractivity contribution in [2.75, 3.05) is 0 Å². The van der Waals surface area contributed by atoms with Gasteiger partial charge in [-0.25, -0.2) is 4.79 Å². The number of ketones is 1. The summed E-state index contributed by atoms with van der Waals surface area (Å²) in [6.45, 7) is 13.1. The lowest BCUT2D eigenvalue weighted by atomic mass is 9.53. The van der Waals surface area contributed by atoms with Crippen LogP contribution in [0.4, 0.5) is 0 Å². The maximum Gasteiger partial charge on any atom is 0.334 e. The highest BCUT2D eigenvalue weighted by Crippen LogP contribution is 2.60. The molecule has 0 amide bonds. The highest BCUT2D eigenvalue weighted by Gasteiger charge is 2.61. The van der Waals surface area contributed by atoms with Crippen LogP contribution in [-0.4, -0.2) is 23.8 Å². The topological polar surface area (TPSA) is 82.8 Å². The molecule has 0 radical (unpaired) electrons. The quantitative estimate of drug-likeness (QED) is 0.463. The van der Waals surface area contributed by atoms with Crippen LogP contribution in [-0.2, 0) is 19.1 Å². The van der Waals surface area contributed by atoms with E-state index >= 15 is 0 Å². The lowest BCUT2D eigenvalue weighted by Crippen LogP contribution is -2.55. The fourth-order valence-electron chi connectivity index (χ4n) is 4.98. The molecule has 6 unspecified atom stereocenters. The molecule has 0 N–H and O–H groups in total. The Kier molecular flexibility index (Phi) is 6.49. The smallest absolute Gasteiger partial charge is 0.334 e. The molecule has 3 rings (SSSR count). The van der Waals surface area contributed by atoms with Gasteiger partial charge >= 0.3 is 11.9 Å². The lowest BCUT2D eigenvalue weighted by Gasteiger charge is -2.53. The summed E-state index contributed by atoms with van der Waals surface area (Å²) in [7, 11) is 0. The number of hydrogen-bond acceptors (Lipinski definition) is 6. The predicted octanol–water partition coefficient (Wildman–Crippen LogP) is 5.35. The zero-order valence-electron chi connectivity index (χ0n) is 19.6. The molecule has 0 saturated heterocycles. The SMILES string of the molecule is CC=C(C)C(=O)OC1c2c(C)coc2C(=O)C2CCC(OC(=O)C(C)CC)C(C)C21C. The molecule has 6 atom stereocenters. The first kappa shape index (κ1) is 23.3. The van der Waals surface area contributed by atoms with E-state index < -0.39 is 17.5 Å².